The third kappa shape index (κ3) is 3.18. The number of nitrogens with one attached hydrogen (secondary N) is 1. The average Bonchev–Trinajstić information content (AvgIpc) is 3.14. The van der Waals surface area contributed by atoms with Crippen LogP contribution in [0.2, 0.25) is 0 Å². The molecule has 0 bridgehead atoms. The van der Waals surface area contributed by atoms with Gasteiger partial charge >= 0.3 is 0 Å². The van der Waals surface area contributed by atoms with Gasteiger partial charge in [-0.3, -0.25) is 0 Å². The van der Waals surface area contributed by atoms with Crippen molar-refractivity contribution in [2.24, 2.45) is 7.05 Å². The van der Waals surface area contributed by atoms with E-state index in [9.17, 15) is 0 Å². The Kier molecular flexibility index (Phi) is 4.64. The van der Waals surface area contributed by atoms with Crippen molar-refractivity contribution in [3.8, 4) is 5.75 Å². The van der Waals surface area contributed by atoms with Crippen molar-refractivity contribution in [3.05, 3.63) is 108 Å². The normalized spacial score (nSPS) is 12.2. The summed E-state index contributed by atoms with van der Waals surface area (Å²) in [6.45, 7) is 0. The van der Waals surface area contributed by atoms with Gasteiger partial charge in [0.2, 0.25) is 0 Å². The molecule has 3 nitrogen and oxygen atoms in total. The number of hydrogen-bond donors (Lipinski definition) is 1. The monoisotopic (exact) mass is 392 g/mol. The van der Waals surface area contributed by atoms with Crippen molar-refractivity contribution in [1.29, 1.82) is 0 Å². The molecule has 0 aliphatic rings. The van der Waals surface area contributed by atoms with E-state index in [1.165, 1.54) is 32.8 Å². The third-order valence-corrected chi connectivity index (χ3v) is 5.75. The fourth-order valence-electron chi connectivity index (χ4n) is 4.25. The Hall–Kier alpha value is -3.72. The van der Waals surface area contributed by atoms with Crippen molar-refractivity contribution in [2.75, 3.05) is 12.4 Å². The Bertz CT molecular complexity index is 1340. The molecule has 0 saturated carbocycles. The first kappa shape index (κ1) is 18.3. The summed E-state index contributed by atoms with van der Waals surface area (Å²) in [7, 11) is 3.82. The molecule has 0 amide bonds. The summed E-state index contributed by atoms with van der Waals surface area (Å²) in [6, 6.07) is 31.8. The molecule has 4 aromatic carbocycles. The van der Waals surface area contributed by atoms with Crippen LogP contribution in [0.15, 0.2) is 97.2 Å². The fraction of sp³-hybridized carbons (Fsp3) is 0.111. The van der Waals surface area contributed by atoms with Gasteiger partial charge in [0.15, 0.2) is 0 Å². The summed E-state index contributed by atoms with van der Waals surface area (Å²) < 4.78 is 7.81. The molecule has 1 aromatic heterocycles. The zero-order valence-corrected chi connectivity index (χ0v) is 17.2. The number of aromatic nitrogens is 1. The van der Waals surface area contributed by atoms with Crippen LogP contribution in [0.5, 0.6) is 5.75 Å². The van der Waals surface area contributed by atoms with E-state index in [1.807, 2.05) is 18.2 Å². The molecular weight excluding hydrogens is 368 g/mol. The molecular formula is C27H24N2O. The van der Waals surface area contributed by atoms with Gasteiger partial charge in [-0.25, -0.2) is 0 Å². The number of para-hydroxylation sites is 3. The number of rotatable bonds is 5. The van der Waals surface area contributed by atoms with E-state index in [4.69, 9.17) is 4.74 Å². The second-order valence-corrected chi connectivity index (χ2v) is 7.60. The first-order valence-corrected chi connectivity index (χ1v) is 10.2. The maximum atomic E-state index is 5.61. The van der Waals surface area contributed by atoms with Crippen molar-refractivity contribution >= 4 is 27.4 Å². The molecule has 1 heterocycles. The molecule has 0 radical (unpaired) electrons. The van der Waals surface area contributed by atoms with E-state index in [-0.39, 0.29) is 6.04 Å². The second kappa shape index (κ2) is 7.60. The molecule has 0 aliphatic carbocycles. The molecule has 5 aromatic rings. The predicted octanol–water partition coefficient (Wildman–Crippen LogP) is 6.54. The first-order chi connectivity index (χ1) is 14.7. The second-order valence-electron chi connectivity index (χ2n) is 7.60. The van der Waals surface area contributed by atoms with Crippen molar-refractivity contribution < 1.29 is 4.74 Å². The number of aryl methyl sites for hydroxylation is 1. The lowest BCUT2D eigenvalue weighted by molar-refractivity contribution is 0.416. The van der Waals surface area contributed by atoms with Gasteiger partial charge in [-0.1, -0.05) is 66.7 Å². The van der Waals surface area contributed by atoms with E-state index in [1.54, 1.807) is 7.11 Å². The maximum Gasteiger partial charge on any atom is 0.141 e. The number of ether oxygens (including phenoxy) is 1. The van der Waals surface area contributed by atoms with Crippen molar-refractivity contribution in [2.45, 2.75) is 6.04 Å². The molecule has 0 saturated heterocycles. The lowest BCUT2D eigenvalue weighted by Gasteiger charge is -2.22. The predicted molar refractivity (Wildman–Crippen MR) is 125 cm³/mol. The highest BCUT2D eigenvalue weighted by atomic mass is 16.5. The minimum absolute atomic E-state index is 0.0167. The number of benzene rings is 4. The Morgan fingerprint density at radius 2 is 1.53 bits per heavy atom. The minimum atomic E-state index is -0.0167. The van der Waals surface area contributed by atoms with E-state index in [2.05, 4.69) is 95.9 Å². The van der Waals surface area contributed by atoms with Crippen molar-refractivity contribution in [3.63, 3.8) is 0 Å². The van der Waals surface area contributed by atoms with Crippen LogP contribution in [0.3, 0.4) is 0 Å². The molecule has 30 heavy (non-hydrogen) atoms. The van der Waals surface area contributed by atoms with Crippen LogP contribution in [0, 0.1) is 0 Å². The largest absolute Gasteiger partial charge is 0.495 e. The fourth-order valence-corrected chi connectivity index (χ4v) is 4.25. The van der Waals surface area contributed by atoms with Crippen LogP contribution in [-0.4, -0.2) is 11.7 Å². The van der Waals surface area contributed by atoms with Gasteiger partial charge in [0, 0.05) is 29.7 Å². The van der Waals surface area contributed by atoms with Gasteiger partial charge in [-0.05, 0) is 40.6 Å². The standard InChI is InChI=1S/C27H24N2O/c1-29-18-23(22-11-5-7-13-25(22)29)27(28-24-12-6-8-14-26(24)30-2)21-16-15-19-9-3-4-10-20(19)17-21/h3-18,27-28H,1-2H3. The third-order valence-electron chi connectivity index (χ3n) is 5.75. The van der Waals surface area contributed by atoms with Crippen LogP contribution < -0.4 is 10.1 Å². The lowest BCUT2D eigenvalue weighted by Crippen LogP contribution is -2.13. The van der Waals surface area contributed by atoms with Gasteiger partial charge < -0.3 is 14.6 Å². The van der Waals surface area contributed by atoms with Crippen LogP contribution in [0.1, 0.15) is 17.2 Å². The minimum Gasteiger partial charge on any atom is -0.495 e. The van der Waals surface area contributed by atoms with Crippen LogP contribution in [0.25, 0.3) is 21.7 Å². The van der Waals surface area contributed by atoms with Gasteiger partial charge in [-0.2, -0.15) is 0 Å². The summed E-state index contributed by atoms with van der Waals surface area (Å²) >= 11 is 0. The highest BCUT2D eigenvalue weighted by Crippen LogP contribution is 2.36. The highest BCUT2D eigenvalue weighted by molar-refractivity contribution is 5.87. The van der Waals surface area contributed by atoms with Crippen LogP contribution >= 0.6 is 0 Å². The first-order valence-electron chi connectivity index (χ1n) is 10.2. The van der Waals surface area contributed by atoms with E-state index >= 15 is 0 Å². The lowest BCUT2D eigenvalue weighted by atomic mass is 9.95. The molecule has 5 rings (SSSR count). The van der Waals surface area contributed by atoms with E-state index in [0.29, 0.717) is 0 Å². The van der Waals surface area contributed by atoms with E-state index in [0.717, 1.165) is 11.4 Å². The molecule has 1 N–H and O–H groups in total. The Balaban J connectivity index is 1.70. The molecule has 1 atom stereocenters. The molecule has 148 valence electrons. The Labute approximate surface area is 176 Å². The Morgan fingerprint density at radius 3 is 2.40 bits per heavy atom. The summed E-state index contributed by atoms with van der Waals surface area (Å²) in [5.41, 5.74) is 4.66. The van der Waals surface area contributed by atoms with Gasteiger partial charge in [0.05, 0.1) is 18.8 Å². The van der Waals surface area contributed by atoms with Crippen LogP contribution in [0.4, 0.5) is 5.69 Å². The number of hydrogen-bond acceptors (Lipinski definition) is 2. The number of methoxy groups -OCH3 is 1. The van der Waals surface area contributed by atoms with Gasteiger partial charge in [0.1, 0.15) is 5.75 Å². The summed E-state index contributed by atoms with van der Waals surface area (Å²) in [4.78, 5) is 0. The smallest absolute Gasteiger partial charge is 0.141 e. The van der Waals surface area contributed by atoms with Crippen molar-refractivity contribution in [1.82, 2.24) is 4.57 Å². The van der Waals surface area contributed by atoms with E-state index < -0.39 is 0 Å². The topological polar surface area (TPSA) is 26.2 Å². The molecule has 3 heteroatoms. The SMILES string of the molecule is COc1ccccc1NC(c1ccc2ccccc2c1)c1cn(C)c2ccccc12. The maximum absolute atomic E-state index is 5.61. The summed E-state index contributed by atoms with van der Waals surface area (Å²) in [6.07, 6.45) is 2.23. The zero-order chi connectivity index (χ0) is 20.5. The number of fused-ring (bicyclic) bond motifs is 2. The number of nitrogens with zero attached hydrogens (tertiary/aromatic N) is 1. The molecule has 1 unspecified atom stereocenters. The quantitative estimate of drug-likeness (QED) is 0.367. The average molecular weight is 393 g/mol. The summed E-state index contributed by atoms with van der Waals surface area (Å²) in [5.74, 6) is 0.837. The zero-order valence-electron chi connectivity index (χ0n) is 17.2. The summed E-state index contributed by atoms with van der Waals surface area (Å²) in [5, 5.41) is 7.50. The molecule has 0 spiro atoms. The Morgan fingerprint density at radius 1 is 0.800 bits per heavy atom. The van der Waals surface area contributed by atoms with Crippen LogP contribution in [-0.2, 0) is 7.05 Å². The number of anilines is 1. The van der Waals surface area contributed by atoms with Gasteiger partial charge in [0.25, 0.3) is 0 Å². The molecule has 0 fully saturated rings. The molecule has 0 aliphatic heterocycles. The van der Waals surface area contributed by atoms with Gasteiger partial charge in [-0.15, -0.1) is 0 Å². The highest BCUT2D eigenvalue weighted by Gasteiger charge is 2.20.